The molecule has 0 saturated carbocycles. The third-order valence-electron chi connectivity index (χ3n) is 2.52. The number of nitrogens with one attached hydrogen (secondary N) is 1. The second-order valence-corrected chi connectivity index (χ2v) is 4.52. The highest BCUT2D eigenvalue weighted by Crippen LogP contribution is 2.11. The summed E-state index contributed by atoms with van der Waals surface area (Å²) >= 11 is 5.67. The Morgan fingerprint density at radius 1 is 1.25 bits per heavy atom. The van der Waals surface area contributed by atoms with Gasteiger partial charge in [-0.05, 0) is 25.5 Å². The maximum absolute atomic E-state index is 5.67. The van der Waals surface area contributed by atoms with E-state index in [9.17, 15) is 0 Å². The quantitative estimate of drug-likeness (QED) is 0.736. The predicted octanol–water partition coefficient (Wildman–Crippen LogP) is 3.90. The molecule has 1 unspecified atom stereocenters. The second kappa shape index (κ2) is 7.44. The SMILES string of the molecule is CCCCCCC(C)Nc1ccc(Cl)nn1. The fourth-order valence-electron chi connectivity index (χ4n) is 1.59. The van der Waals surface area contributed by atoms with Gasteiger partial charge >= 0.3 is 0 Å². The third-order valence-corrected chi connectivity index (χ3v) is 2.72. The van der Waals surface area contributed by atoms with Gasteiger partial charge < -0.3 is 5.32 Å². The van der Waals surface area contributed by atoms with Gasteiger partial charge in [-0.3, -0.25) is 0 Å². The average Bonchev–Trinajstić information content (AvgIpc) is 2.28. The minimum absolute atomic E-state index is 0.432. The lowest BCUT2D eigenvalue weighted by Crippen LogP contribution is -2.16. The number of nitrogens with zero attached hydrogens (tertiary/aromatic N) is 2. The van der Waals surface area contributed by atoms with Crippen molar-refractivity contribution in [2.75, 3.05) is 5.32 Å². The Hall–Kier alpha value is -0.830. The molecule has 0 aromatic carbocycles. The van der Waals surface area contributed by atoms with Crippen molar-refractivity contribution in [2.24, 2.45) is 0 Å². The topological polar surface area (TPSA) is 37.8 Å². The number of halogens is 1. The van der Waals surface area contributed by atoms with Gasteiger partial charge in [-0.15, -0.1) is 10.2 Å². The van der Waals surface area contributed by atoms with Crippen LogP contribution in [0.15, 0.2) is 12.1 Å². The van der Waals surface area contributed by atoms with Crippen LogP contribution in [0, 0.1) is 0 Å². The summed E-state index contributed by atoms with van der Waals surface area (Å²) in [4.78, 5) is 0. The van der Waals surface area contributed by atoms with Crippen LogP contribution < -0.4 is 5.32 Å². The molecular formula is C12H20ClN3. The number of unbranched alkanes of at least 4 members (excludes halogenated alkanes) is 3. The first-order valence-electron chi connectivity index (χ1n) is 5.98. The van der Waals surface area contributed by atoms with Gasteiger partial charge in [0.15, 0.2) is 5.15 Å². The summed E-state index contributed by atoms with van der Waals surface area (Å²) in [7, 11) is 0. The van der Waals surface area contributed by atoms with E-state index in [0.29, 0.717) is 11.2 Å². The predicted molar refractivity (Wildman–Crippen MR) is 68.9 cm³/mol. The highest BCUT2D eigenvalue weighted by molar-refractivity contribution is 6.29. The van der Waals surface area contributed by atoms with Gasteiger partial charge in [0, 0.05) is 6.04 Å². The third kappa shape index (κ3) is 5.31. The molecule has 0 amide bonds. The largest absolute Gasteiger partial charge is 0.366 e. The van der Waals surface area contributed by atoms with E-state index in [-0.39, 0.29) is 0 Å². The van der Waals surface area contributed by atoms with Crippen molar-refractivity contribution in [3.05, 3.63) is 17.3 Å². The molecule has 1 aromatic rings. The highest BCUT2D eigenvalue weighted by Gasteiger charge is 2.02. The number of aromatic nitrogens is 2. The fraction of sp³-hybridized carbons (Fsp3) is 0.667. The monoisotopic (exact) mass is 241 g/mol. The minimum atomic E-state index is 0.432. The van der Waals surface area contributed by atoms with Gasteiger partial charge in [-0.1, -0.05) is 44.2 Å². The number of anilines is 1. The molecule has 0 fully saturated rings. The smallest absolute Gasteiger partial charge is 0.151 e. The molecule has 1 aromatic heterocycles. The van der Waals surface area contributed by atoms with Crippen LogP contribution in [0.25, 0.3) is 0 Å². The standard InChI is InChI=1S/C12H20ClN3/c1-3-4-5-6-7-10(2)14-12-9-8-11(13)15-16-12/h8-10H,3-7H2,1-2H3,(H,14,16). The van der Waals surface area contributed by atoms with Crippen molar-refractivity contribution >= 4 is 17.4 Å². The molecule has 16 heavy (non-hydrogen) atoms. The van der Waals surface area contributed by atoms with E-state index >= 15 is 0 Å². The molecule has 90 valence electrons. The van der Waals surface area contributed by atoms with Crippen molar-refractivity contribution < 1.29 is 0 Å². The molecule has 3 nitrogen and oxygen atoms in total. The maximum atomic E-state index is 5.67. The van der Waals surface area contributed by atoms with Gasteiger partial charge in [0.1, 0.15) is 5.82 Å². The molecule has 0 aliphatic rings. The molecule has 0 aliphatic carbocycles. The van der Waals surface area contributed by atoms with Gasteiger partial charge in [0.05, 0.1) is 0 Å². The van der Waals surface area contributed by atoms with E-state index in [0.717, 1.165) is 5.82 Å². The molecule has 0 spiro atoms. The zero-order valence-corrected chi connectivity index (χ0v) is 10.8. The minimum Gasteiger partial charge on any atom is -0.366 e. The van der Waals surface area contributed by atoms with Gasteiger partial charge in [-0.2, -0.15) is 0 Å². The van der Waals surface area contributed by atoms with Crippen LogP contribution in [0.3, 0.4) is 0 Å². The molecule has 0 radical (unpaired) electrons. The van der Waals surface area contributed by atoms with Crippen LogP contribution >= 0.6 is 11.6 Å². The molecule has 4 heteroatoms. The van der Waals surface area contributed by atoms with E-state index in [1.54, 1.807) is 6.07 Å². The lowest BCUT2D eigenvalue weighted by molar-refractivity contribution is 0.592. The molecule has 0 bridgehead atoms. The maximum Gasteiger partial charge on any atom is 0.151 e. The van der Waals surface area contributed by atoms with Crippen molar-refractivity contribution in [3.8, 4) is 0 Å². The molecule has 1 heterocycles. The summed E-state index contributed by atoms with van der Waals surface area (Å²) in [5.74, 6) is 0.799. The fourth-order valence-corrected chi connectivity index (χ4v) is 1.70. The van der Waals surface area contributed by atoms with Crippen molar-refractivity contribution in [2.45, 2.75) is 52.0 Å². The van der Waals surface area contributed by atoms with Crippen LogP contribution in [0.4, 0.5) is 5.82 Å². The molecule has 1 rings (SSSR count). The Kier molecular flexibility index (Phi) is 6.16. The van der Waals surface area contributed by atoms with Crippen LogP contribution in [-0.2, 0) is 0 Å². The van der Waals surface area contributed by atoms with Crippen LogP contribution in [0.5, 0.6) is 0 Å². The highest BCUT2D eigenvalue weighted by atomic mass is 35.5. The van der Waals surface area contributed by atoms with Crippen LogP contribution in [0.2, 0.25) is 5.15 Å². The van der Waals surface area contributed by atoms with Crippen LogP contribution in [-0.4, -0.2) is 16.2 Å². The second-order valence-electron chi connectivity index (χ2n) is 4.14. The van der Waals surface area contributed by atoms with Gasteiger partial charge in [-0.25, -0.2) is 0 Å². The van der Waals surface area contributed by atoms with E-state index in [1.165, 1.54) is 32.1 Å². The Balaban J connectivity index is 2.23. The van der Waals surface area contributed by atoms with Crippen LogP contribution in [0.1, 0.15) is 46.0 Å². The summed E-state index contributed by atoms with van der Waals surface area (Å²) in [5.41, 5.74) is 0. The zero-order valence-electron chi connectivity index (χ0n) is 10.0. The Labute approximate surface area is 103 Å². The Bertz CT molecular complexity index is 287. The van der Waals surface area contributed by atoms with E-state index in [1.807, 2.05) is 6.07 Å². The van der Waals surface area contributed by atoms with Crippen molar-refractivity contribution in [1.82, 2.24) is 10.2 Å². The average molecular weight is 242 g/mol. The number of hydrogen-bond acceptors (Lipinski definition) is 3. The summed E-state index contributed by atoms with van der Waals surface area (Å²) in [5, 5.41) is 11.5. The first kappa shape index (κ1) is 13.2. The first-order valence-corrected chi connectivity index (χ1v) is 6.36. The zero-order chi connectivity index (χ0) is 11.8. The van der Waals surface area contributed by atoms with Crippen molar-refractivity contribution in [1.29, 1.82) is 0 Å². The van der Waals surface area contributed by atoms with Gasteiger partial charge in [0.25, 0.3) is 0 Å². The molecule has 1 N–H and O–H groups in total. The van der Waals surface area contributed by atoms with Gasteiger partial charge in [0.2, 0.25) is 0 Å². The van der Waals surface area contributed by atoms with E-state index in [4.69, 9.17) is 11.6 Å². The molecular weight excluding hydrogens is 222 g/mol. The Morgan fingerprint density at radius 2 is 2.06 bits per heavy atom. The van der Waals surface area contributed by atoms with Crippen molar-refractivity contribution in [3.63, 3.8) is 0 Å². The first-order chi connectivity index (χ1) is 7.72. The van der Waals surface area contributed by atoms with E-state index < -0.39 is 0 Å². The summed E-state index contributed by atoms with van der Waals surface area (Å²) in [6, 6.07) is 4.05. The lowest BCUT2D eigenvalue weighted by Gasteiger charge is -2.13. The Morgan fingerprint density at radius 3 is 2.69 bits per heavy atom. The molecule has 0 saturated heterocycles. The molecule has 0 aliphatic heterocycles. The summed E-state index contributed by atoms with van der Waals surface area (Å²) < 4.78 is 0. The number of hydrogen-bond donors (Lipinski definition) is 1. The van der Waals surface area contributed by atoms with E-state index in [2.05, 4.69) is 29.4 Å². The summed E-state index contributed by atoms with van der Waals surface area (Å²) in [6.45, 7) is 4.40. The normalized spacial score (nSPS) is 12.4. The number of rotatable bonds is 7. The molecule has 1 atom stereocenters. The summed E-state index contributed by atoms with van der Waals surface area (Å²) in [6.07, 6.45) is 6.36. The lowest BCUT2D eigenvalue weighted by atomic mass is 10.1.